The van der Waals surface area contributed by atoms with Gasteiger partial charge in [0.2, 0.25) is 0 Å². The molecule has 0 amide bonds. The Kier molecular flexibility index (Phi) is 17.0. The highest BCUT2D eigenvalue weighted by atomic mass is 13.9. The van der Waals surface area contributed by atoms with Crippen LogP contribution in [0.3, 0.4) is 0 Å². The summed E-state index contributed by atoms with van der Waals surface area (Å²) in [6.45, 7) is 4.53. The third-order valence-electron chi connectivity index (χ3n) is 3.52. The van der Waals surface area contributed by atoms with Crippen molar-refractivity contribution >= 4 is 0 Å². The van der Waals surface area contributed by atoms with E-state index < -0.39 is 0 Å². The average molecular weight is 264 g/mol. The molecule has 0 N–H and O–H groups in total. The van der Waals surface area contributed by atoms with Gasteiger partial charge in [-0.2, -0.15) is 0 Å². The summed E-state index contributed by atoms with van der Waals surface area (Å²) in [7, 11) is 0. The van der Waals surface area contributed by atoms with Crippen LogP contribution in [0.5, 0.6) is 0 Å². The van der Waals surface area contributed by atoms with Crippen molar-refractivity contribution in [1.82, 2.24) is 0 Å². The molecule has 0 rings (SSSR count). The van der Waals surface area contributed by atoms with Gasteiger partial charge >= 0.3 is 0 Å². The summed E-state index contributed by atoms with van der Waals surface area (Å²) < 4.78 is 0. The highest BCUT2D eigenvalue weighted by Crippen LogP contribution is 2.07. The Morgan fingerprint density at radius 3 is 1.05 bits per heavy atom. The van der Waals surface area contributed by atoms with Gasteiger partial charge in [-0.15, -0.1) is 0 Å². The molecular formula is C19H36. The third kappa shape index (κ3) is 17.5. The summed E-state index contributed by atoms with van der Waals surface area (Å²) in [5, 5.41) is 0. The van der Waals surface area contributed by atoms with Crippen molar-refractivity contribution < 1.29 is 0 Å². The van der Waals surface area contributed by atoms with Crippen LogP contribution in [0, 0.1) is 0 Å². The molecule has 0 heterocycles. The molecule has 0 heteroatoms. The molecule has 0 aromatic heterocycles. The SMILES string of the molecule is CCCCCC=CCCCCCC=CCCCCC. The van der Waals surface area contributed by atoms with E-state index in [1.807, 2.05) is 0 Å². The minimum Gasteiger partial charge on any atom is -0.0885 e. The first-order chi connectivity index (χ1) is 9.41. The molecule has 0 aromatic carbocycles. The molecule has 19 heavy (non-hydrogen) atoms. The van der Waals surface area contributed by atoms with Gasteiger partial charge in [0.05, 0.1) is 0 Å². The van der Waals surface area contributed by atoms with Crippen molar-refractivity contribution in [3.63, 3.8) is 0 Å². The Morgan fingerprint density at radius 2 is 0.737 bits per heavy atom. The van der Waals surface area contributed by atoms with Gasteiger partial charge in [0.15, 0.2) is 0 Å². The number of hydrogen-bond donors (Lipinski definition) is 0. The number of rotatable bonds is 14. The van der Waals surface area contributed by atoms with Crippen molar-refractivity contribution in [1.29, 1.82) is 0 Å². The van der Waals surface area contributed by atoms with Crippen molar-refractivity contribution in [2.24, 2.45) is 0 Å². The summed E-state index contributed by atoms with van der Waals surface area (Å²) in [5.74, 6) is 0. The molecule has 0 unspecified atom stereocenters. The van der Waals surface area contributed by atoms with E-state index in [1.54, 1.807) is 0 Å². The van der Waals surface area contributed by atoms with Crippen LogP contribution in [0.15, 0.2) is 24.3 Å². The van der Waals surface area contributed by atoms with E-state index in [4.69, 9.17) is 0 Å². The zero-order valence-corrected chi connectivity index (χ0v) is 13.5. The van der Waals surface area contributed by atoms with Gasteiger partial charge in [-0.3, -0.25) is 0 Å². The Morgan fingerprint density at radius 1 is 0.421 bits per heavy atom. The lowest BCUT2D eigenvalue weighted by Gasteiger charge is -1.96. The molecule has 0 aromatic rings. The summed E-state index contributed by atoms with van der Waals surface area (Å²) >= 11 is 0. The van der Waals surface area contributed by atoms with Crippen LogP contribution >= 0.6 is 0 Å². The highest BCUT2D eigenvalue weighted by Gasteiger charge is 1.87. The fourth-order valence-corrected chi connectivity index (χ4v) is 2.20. The van der Waals surface area contributed by atoms with Crippen molar-refractivity contribution in [3.8, 4) is 0 Å². The smallest absolute Gasteiger partial charge is 0.0351 e. The topological polar surface area (TPSA) is 0 Å². The molecule has 112 valence electrons. The molecule has 0 saturated heterocycles. The molecular weight excluding hydrogens is 228 g/mol. The predicted molar refractivity (Wildman–Crippen MR) is 89.6 cm³/mol. The predicted octanol–water partition coefficient (Wildman–Crippen LogP) is 7.21. The molecule has 0 bridgehead atoms. The van der Waals surface area contributed by atoms with Crippen LogP contribution < -0.4 is 0 Å². The molecule has 0 radical (unpaired) electrons. The molecule has 0 aliphatic heterocycles. The van der Waals surface area contributed by atoms with Gasteiger partial charge in [-0.25, -0.2) is 0 Å². The van der Waals surface area contributed by atoms with E-state index in [9.17, 15) is 0 Å². The van der Waals surface area contributed by atoms with Gasteiger partial charge in [-0.1, -0.05) is 70.3 Å². The lowest BCUT2D eigenvalue weighted by atomic mass is 10.1. The molecule has 0 nitrogen and oxygen atoms in total. The van der Waals surface area contributed by atoms with E-state index in [2.05, 4.69) is 38.2 Å². The van der Waals surface area contributed by atoms with E-state index in [1.165, 1.54) is 83.5 Å². The molecule has 0 aliphatic rings. The quantitative estimate of drug-likeness (QED) is 0.230. The molecule has 0 spiro atoms. The van der Waals surface area contributed by atoms with Crippen molar-refractivity contribution in [2.45, 2.75) is 97.3 Å². The van der Waals surface area contributed by atoms with Crippen molar-refractivity contribution in [2.75, 3.05) is 0 Å². The number of allylic oxidation sites excluding steroid dienone is 4. The standard InChI is InChI=1S/C19H36/c1-3-5-7-9-11-13-15-17-19-18-16-14-12-10-8-6-4-2/h11-14H,3-10,15-19H2,1-2H3. The van der Waals surface area contributed by atoms with Crippen LogP contribution in [0.2, 0.25) is 0 Å². The fourth-order valence-electron chi connectivity index (χ4n) is 2.20. The Hall–Kier alpha value is -0.520. The second kappa shape index (κ2) is 17.5. The van der Waals surface area contributed by atoms with E-state index in [-0.39, 0.29) is 0 Å². The maximum Gasteiger partial charge on any atom is -0.0351 e. The van der Waals surface area contributed by atoms with Crippen LogP contribution in [-0.2, 0) is 0 Å². The fraction of sp³-hybridized carbons (Fsp3) is 0.789. The summed E-state index contributed by atoms with van der Waals surface area (Å²) in [5.41, 5.74) is 0. The van der Waals surface area contributed by atoms with Gasteiger partial charge in [0.25, 0.3) is 0 Å². The minimum absolute atomic E-state index is 1.28. The first-order valence-electron chi connectivity index (χ1n) is 8.71. The zero-order chi connectivity index (χ0) is 14.0. The van der Waals surface area contributed by atoms with Crippen molar-refractivity contribution in [3.05, 3.63) is 24.3 Å². The first-order valence-corrected chi connectivity index (χ1v) is 8.71. The average Bonchev–Trinajstić information content (AvgIpc) is 2.43. The Labute approximate surface area is 122 Å². The zero-order valence-electron chi connectivity index (χ0n) is 13.5. The van der Waals surface area contributed by atoms with Gasteiger partial charge in [-0.05, 0) is 51.4 Å². The van der Waals surface area contributed by atoms with Gasteiger partial charge in [0.1, 0.15) is 0 Å². The van der Waals surface area contributed by atoms with E-state index >= 15 is 0 Å². The highest BCUT2D eigenvalue weighted by molar-refractivity contribution is 4.83. The maximum atomic E-state index is 2.39. The maximum absolute atomic E-state index is 2.39. The lowest BCUT2D eigenvalue weighted by Crippen LogP contribution is -1.76. The number of unbranched alkanes of at least 4 members (excludes halogenated alkanes) is 10. The summed E-state index contributed by atoms with van der Waals surface area (Å²) in [6, 6.07) is 0. The van der Waals surface area contributed by atoms with Gasteiger partial charge < -0.3 is 0 Å². The summed E-state index contributed by atoms with van der Waals surface area (Å²) in [4.78, 5) is 0. The monoisotopic (exact) mass is 264 g/mol. The van der Waals surface area contributed by atoms with Gasteiger partial charge in [0, 0.05) is 0 Å². The first kappa shape index (κ1) is 18.5. The lowest BCUT2D eigenvalue weighted by molar-refractivity contribution is 0.689. The molecule has 0 fully saturated rings. The second-order valence-corrected chi connectivity index (χ2v) is 5.57. The Bertz CT molecular complexity index is 178. The largest absolute Gasteiger partial charge is 0.0885 e. The molecule has 0 saturated carbocycles. The summed E-state index contributed by atoms with van der Waals surface area (Å²) in [6.07, 6.45) is 27.0. The molecule has 0 aliphatic carbocycles. The Balaban J connectivity index is 3.09. The van der Waals surface area contributed by atoms with Crippen LogP contribution in [0.1, 0.15) is 97.3 Å². The second-order valence-electron chi connectivity index (χ2n) is 5.57. The minimum atomic E-state index is 1.28. The third-order valence-corrected chi connectivity index (χ3v) is 3.52. The van der Waals surface area contributed by atoms with E-state index in [0.717, 1.165) is 0 Å². The number of hydrogen-bond acceptors (Lipinski definition) is 0. The van der Waals surface area contributed by atoms with Crippen LogP contribution in [-0.4, -0.2) is 0 Å². The molecule has 0 atom stereocenters. The van der Waals surface area contributed by atoms with Crippen LogP contribution in [0.25, 0.3) is 0 Å². The normalized spacial score (nSPS) is 11.9. The van der Waals surface area contributed by atoms with Crippen LogP contribution in [0.4, 0.5) is 0 Å². The van der Waals surface area contributed by atoms with E-state index in [0.29, 0.717) is 0 Å².